The highest BCUT2D eigenvalue weighted by molar-refractivity contribution is 6.32. The number of amides is 1. The Morgan fingerprint density at radius 1 is 1.32 bits per heavy atom. The largest absolute Gasteiger partial charge is 0.490 e. The maximum atomic E-state index is 12.0. The topological polar surface area (TPSA) is 60.5 Å². The number of hydrogen-bond donors (Lipinski definition) is 1. The Morgan fingerprint density at radius 2 is 2.16 bits per heavy atom. The fraction of sp³-hybridized carbons (Fsp3) is 0.263. The average molecular weight is 361 g/mol. The lowest BCUT2D eigenvalue weighted by Crippen LogP contribution is -2.07. The predicted octanol–water partition coefficient (Wildman–Crippen LogP) is 4.57. The van der Waals surface area contributed by atoms with Crippen LogP contribution in [0.5, 0.6) is 11.5 Å². The summed E-state index contributed by atoms with van der Waals surface area (Å²) in [6, 6.07) is 7.06. The summed E-state index contributed by atoms with van der Waals surface area (Å²) in [5.41, 5.74) is 1.38. The van der Waals surface area contributed by atoms with E-state index in [1.54, 1.807) is 42.7 Å². The number of benzene rings is 1. The number of halogens is 1. The Balaban J connectivity index is 2.14. The van der Waals surface area contributed by atoms with Gasteiger partial charge in [0.25, 0.3) is 0 Å². The van der Waals surface area contributed by atoms with Crippen molar-refractivity contribution in [2.24, 2.45) is 0 Å². The van der Waals surface area contributed by atoms with Crippen molar-refractivity contribution < 1.29 is 14.3 Å². The highest BCUT2D eigenvalue weighted by Gasteiger charge is 2.11. The molecule has 6 heteroatoms. The van der Waals surface area contributed by atoms with Gasteiger partial charge in [0, 0.05) is 12.3 Å². The number of rotatable bonds is 8. The molecule has 0 aliphatic rings. The van der Waals surface area contributed by atoms with E-state index >= 15 is 0 Å². The van der Waals surface area contributed by atoms with E-state index in [1.165, 1.54) is 6.08 Å². The van der Waals surface area contributed by atoms with Crippen molar-refractivity contribution in [1.29, 1.82) is 0 Å². The Hall–Kier alpha value is -2.53. The van der Waals surface area contributed by atoms with Gasteiger partial charge in [-0.2, -0.15) is 0 Å². The van der Waals surface area contributed by atoms with E-state index < -0.39 is 0 Å². The minimum absolute atomic E-state index is 0.256. The lowest BCUT2D eigenvalue weighted by molar-refractivity contribution is -0.111. The van der Waals surface area contributed by atoms with Crippen molar-refractivity contribution in [3.05, 3.63) is 53.3 Å². The molecule has 1 amide bonds. The van der Waals surface area contributed by atoms with Crippen molar-refractivity contribution in [3.63, 3.8) is 0 Å². The molecule has 0 spiro atoms. The third-order valence-corrected chi connectivity index (χ3v) is 3.42. The van der Waals surface area contributed by atoms with Gasteiger partial charge in [-0.3, -0.25) is 9.78 Å². The van der Waals surface area contributed by atoms with Crippen molar-refractivity contribution in [2.75, 3.05) is 18.5 Å². The SMILES string of the molecule is CCCOc1c(Cl)cc(C=CC(=O)Nc2cccnc2)cc1OCC. The smallest absolute Gasteiger partial charge is 0.248 e. The number of carbonyl (C=O) groups is 1. The zero-order valence-electron chi connectivity index (χ0n) is 14.3. The van der Waals surface area contributed by atoms with E-state index in [2.05, 4.69) is 10.3 Å². The molecule has 1 N–H and O–H groups in total. The number of hydrogen-bond acceptors (Lipinski definition) is 4. The van der Waals surface area contributed by atoms with Gasteiger partial charge in [0.05, 0.1) is 30.1 Å². The van der Waals surface area contributed by atoms with Crippen LogP contribution >= 0.6 is 11.6 Å². The fourth-order valence-corrected chi connectivity index (χ4v) is 2.36. The Bertz CT molecular complexity index is 733. The van der Waals surface area contributed by atoms with Gasteiger partial charge >= 0.3 is 0 Å². The molecule has 2 rings (SSSR count). The summed E-state index contributed by atoms with van der Waals surface area (Å²) in [7, 11) is 0. The third-order valence-electron chi connectivity index (χ3n) is 3.14. The molecule has 2 aromatic rings. The molecule has 1 aromatic carbocycles. The highest BCUT2D eigenvalue weighted by Crippen LogP contribution is 2.37. The number of anilines is 1. The molecule has 5 nitrogen and oxygen atoms in total. The van der Waals surface area contributed by atoms with Gasteiger partial charge in [-0.1, -0.05) is 18.5 Å². The number of aromatic nitrogens is 1. The van der Waals surface area contributed by atoms with Gasteiger partial charge < -0.3 is 14.8 Å². The zero-order chi connectivity index (χ0) is 18.1. The molecule has 25 heavy (non-hydrogen) atoms. The van der Waals surface area contributed by atoms with Gasteiger partial charge in [0.1, 0.15) is 0 Å². The van der Waals surface area contributed by atoms with E-state index in [1.807, 2.05) is 13.8 Å². The van der Waals surface area contributed by atoms with Crippen molar-refractivity contribution in [3.8, 4) is 11.5 Å². The molecule has 0 aliphatic heterocycles. The molecule has 1 aromatic heterocycles. The highest BCUT2D eigenvalue weighted by atomic mass is 35.5. The first-order chi connectivity index (χ1) is 12.1. The predicted molar refractivity (Wildman–Crippen MR) is 100 cm³/mol. The number of ether oxygens (including phenoxy) is 2. The maximum Gasteiger partial charge on any atom is 0.248 e. The molecule has 132 valence electrons. The van der Waals surface area contributed by atoms with Crippen molar-refractivity contribution >= 4 is 29.3 Å². The quantitative estimate of drug-likeness (QED) is 0.700. The Kier molecular flexibility index (Phi) is 7.29. The molecule has 0 atom stereocenters. The lowest BCUT2D eigenvalue weighted by Gasteiger charge is -2.14. The number of pyridine rings is 1. The van der Waals surface area contributed by atoms with E-state index in [9.17, 15) is 4.79 Å². The van der Waals surface area contributed by atoms with Crippen LogP contribution in [0.15, 0.2) is 42.7 Å². The molecule has 0 aliphatic carbocycles. The van der Waals surface area contributed by atoms with Gasteiger partial charge in [0.15, 0.2) is 11.5 Å². The Morgan fingerprint density at radius 3 is 2.84 bits per heavy atom. The molecule has 0 bridgehead atoms. The molecule has 0 saturated heterocycles. The van der Waals surface area contributed by atoms with Gasteiger partial charge in [-0.25, -0.2) is 0 Å². The summed E-state index contributed by atoms with van der Waals surface area (Å²) in [5, 5.41) is 3.18. The second-order valence-electron chi connectivity index (χ2n) is 5.18. The number of nitrogens with zero attached hydrogens (tertiary/aromatic N) is 1. The first-order valence-corrected chi connectivity index (χ1v) is 8.50. The number of nitrogens with one attached hydrogen (secondary N) is 1. The Labute approximate surface area is 152 Å². The molecule has 0 unspecified atom stereocenters. The summed E-state index contributed by atoms with van der Waals surface area (Å²) in [4.78, 5) is 15.9. The summed E-state index contributed by atoms with van der Waals surface area (Å²) >= 11 is 6.30. The van der Waals surface area contributed by atoms with Crippen LogP contribution in [0.25, 0.3) is 6.08 Å². The van der Waals surface area contributed by atoms with Gasteiger partial charge in [0.2, 0.25) is 5.91 Å². The van der Waals surface area contributed by atoms with Gasteiger partial charge in [-0.15, -0.1) is 0 Å². The van der Waals surface area contributed by atoms with Crippen LogP contribution in [0.3, 0.4) is 0 Å². The summed E-state index contributed by atoms with van der Waals surface area (Å²) in [5.74, 6) is 0.839. The van der Waals surface area contributed by atoms with Crippen molar-refractivity contribution in [2.45, 2.75) is 20.3 Å². The summed E-state index contributed by atoms with van der Waals surface area (Å²) in [6.45, 7) is 4.96. The zero-order valence-corrected chi connectivity index (χ0v) is 15.0. The molecular weight excluding hydrogens is 340 g/mol. The standard InChI is InChI=1S/C19H21ClN2O3/c1-3-10-25-19-16(20)11-14(12-17(19)24-4-2)7-8-18(23)22-15-6-5-9-21-13-15/h5-9,11-13H,3-4,10H2,1-2H3,(H,22,23). The maximum absolute atomic E-state index is 12.0. The monoisotopic (exact) mass is 360 g/mol. The van der Waals surface area contributed by atoms with Crippen LogP contribution in [0.2, 0.25) is 5.02 Å². The van der Waals surface area contributed by atoms with Crippen LogP contribution < -0.4 is 14.8 Å². The average Bonchev–Trinajstić information content (AvgIpc) is 2.60. The third kappa shape index (κ3) is 5.80. The fourth-order valence-electron chi connectivity index (χ4n) is 2.08. The van der Waals surface area contributed by atoms with Crippen LogP contribution in [-0.2, 0) is 4.79 Å². The van der Waals surface area contributed by atoms with E-state index in [0.29, 0.717) is 35.4 Å². The minimum atomic E-state index is -0.256. The molecule has 0 fully saturated rings. The van der Waals surface area contributed by atoms with E-state index in [4.69, 9.17) is 21.1 Å². The van der Waals surface area contributed by atoms with Crippen LogP contribution in [0.4, 0.5) is 5.69 Å². The molecule has 0 saturated carbocycles. The lowest BCUT2D eigenvalue weighted by atomic mass is 10.2. The summed E-state index contributed by atoms with van der Waals surface area (Å²) < 4.78 is 11.3. The van der Waals surface area contributed by atoms with E-state index in [-0.39, 0.29) is 5.91 Å². The first kappa shape index (κ1) is 18.8. The second-order valence-corrected chi connectivity index (χ2v) is 5.58. The molecular formula is C19H21ClN2O3. The van der Waals surface area contributed by atoms with Crippen LogP contribution in [0, 0.1) is 0 Å². The second kappa shape index (κ2) is 9.69. The number of carbonyl (C=O) groups excluding carboxylic acids is 1. The minimum Gasteiger partial charge on any atom is -0.490 e. The molecule has 0 radical (unpaired) electrons. The van der Waals surface area contributed by atoms with Crippen LogP contribution in [-0.4, -0.2) is 24.1 Å². The van der Waals surface area contributed by atoms with Gasteiger partial charge in [-0.05, 0) is 49.2 Å². The van der Waals surface area contributed by atoms with Crippen LogP contribution in [0.1, 0.15) is 25.8 Å². The first-order valence-electron chi connectivity index (χ1n) is 8.12. The molecule has 1 heterocycles. The summed E-state index contributed by atoms with van der Waals surface area (Å²) in [6.07, 6.45) is 7.20. The van der Waals surface area contributed by atoms with Crippen molar-refractivity contribution in [1.82, 2.24) is 4.98 Å². The van der Waals surface area contributed by atoms with E-state index in [0.717, 1.165) is 12.0 Å². The normalized spacial score (nSPS) is 10.7.